The molecule has 27 heavy (non-hydrogen) atoms. The van der Waals surface area contributed by atoms with E-state index < -0.39 is 0 Å². The third kappa shape index (κ3) is 6.23. The number of para-hydroxylation sites is 1. The van der Waals surface area contributed by atoms with E-state index >= 15 is 0 Å². The number of aromatic nitrogens is 3. The Morgan fingerprint density at radius 1 is 0.889 bits per heavy atom. The Kier molecular flexibility index (Phi) is 6.94. The first kappa shape index (κ1) is 18.6. The lowest BCUT2D eigenvalue weighted by Crippen LogP contribution is -2.12. The van der Waals surface area contributed by atoms with Crippen LogP contribution in [0.2, 0.25) is 0 Å². The van der Waals surface area contributed by atoms with Gasteiger partial charge >= 0.3 is 0 Å². The van der Waals surface area contributed by atoms with Gasteiger partial charge in [-0.1, -0.05) is 29.8 Å². The van der Waals surface area contributed by atoms with Crippen molar-refractivity contribution in [3.63, 3.8) is 0 Å². The van der Waals surface area contributed by atoms with E-state index in [1.165, 1.54) is 22.9 Å². The van der Waals surface area contributed by atoms with E-state index in [0.29, 0.717) is 26.4 Å². The average Bonchev–Trinajstić information content (AvgIpc) is 3.21. The molecule has 0 saturated heterocycles. The van der Waals surface area contributed by atoms with Crippen molar-refractivity contribution in [1.29, 1.82) is 0 Å². The highest BCUT2D eigenvalue weighted by Crippen LogP contribution is 2.16. The maximum absolute atomic E-state index is 5.79. The van der Waals surface area contributed by atoms with Gasteiger partial charge in [-0.05, 0) is 31.2 Å². The predicted molar refractivity (Wildman–Crippen MR) is 102 cm³/mol. The second kappa shape index (κ2) is 10.1. The molecule has 1 heterocycles. The van der Waals surface area contributed by atoms with Crippen LogP contribution in [-0.2, 0) is 4.74 Å². The van der Waals surface area contributed by atoms with Crippen molar-refractivity contribution in [3.8, 4) is 11.5 Å². The number of aryl methyl sites for hydroxylation is 1. The lowest BCUT2D eigenvalue weighted by atomic mass is 10.2. The molecule has 1 aromatic heterocycles. The molecular formula is C20H22N4O3. The van der Waals surface area contributed by atoms with Gasteiger partial charge in [0.1, 0.15) is 37.4 Å². The van der Waals surface area contributed by atoms with Gasteiger partial charge in [0.05, 0.1) is 19.4 Å². The molecule has 140 valence electrons. The fourth-order valence-corrected chi connectivity index (χ4v) is 2.27. The van der Waals surface area contributed by atoms with Crippen LogP contribution < -0.4 is 9.47 Å². The van der Waals surface area contributed by atoms with Crippen molar-refractivity contribution >= 4 is 6.21 Å². The van der Waals surface area contributed by atoms with Gasteiger partial charge in [-0.3, -0.25) is 0 Å². The Morgan fingerprint density at radius 3 is 2.37 bits per heavy atom. The third-order valence-electron chi connectivity index (χ3n) is 3.66. The first-order valence-corrected chi connectivity index (χ1v) is 8.69. The second-order valence-electron chi connectivity index (χ2n) is 5.75. The largest absolute Gasteiger partial charge is 0.491 e. The zero-order valence-electron chi connectivity index (χ0n) is 15.2. The van der Waals surface area contributed by atoms with Crippen molar-refractivity contribution in [3.05, 3.63) is 72.3 Å². The normalized spacial score (nSPS) is 11.0. The molecule has 0 fully saturated rings. The molecule has 0 unspecified atom stereocenters. The van der Waals surface area contributed by atoms with Crippen LogP contribution in [0.5, 0.6) is 11.5 Å². The molecule has 7 heteroatoms. The predicted octanol–water partition coefficient (Wildman–Crippen LogP) is 2.94. The Hall–Kier alpha value is -3.19. The van der Waals surface area contributed by atoms with Gasteiger partial charge in [0.25, 0.3) is 0 Å². The molecule has 2 aromatic carbocycles. The third-order valence-corrected chi connectivity index (χ3v) is 3.66. The van der Waals surface area contributed by atoms with Crippen LogP contribution in [0.25, 0.3) is 0 Å². The molecule has 0 radical (unpaired) electrons. The first-order valence-electron chi connectivity index (χ1n) is 8.69. The first-order chi connectivity index (χ1) is 13.3. The average molecular weight is 366 g/mol. The summed E-state index contributed by atoms with van der Waals surface area (Å²) in [6.45, 7) is 3.99. The van der Waals surface area contributed by atoms with Crippen LogP contribution in [0.3, 0.4) is 0 Å². The zero-order valence-corrected chi connectivity index (χ0v) is 15.2. The van der Waals surface area contributed by atoms with Crippen LogP contribution in [0.4, 0.5) is 0 Å². The van der Waals surface area contributed by atoms with E-state index in [-0.39, 0.29) is 0 Å². The zero-order chi connectivity index (χ0) is 18.7. The molecule has 0 N–H and O–H groups in total. The van der Waals surface area contributed by atoms with Crippen molar-refractivity contribution < 1.29 is 14.2 Å². The van der Waals surface area contributed by atoms with E-state index in [0.717, 1.165) is 17.1 Å². The van der Waals surface area contributed by atoms with Gasteiger partial charge in [-0.2, -0.15) is 5.10 Å². The van der Waals surface area contributed by atoms with E-state index in [4.69, 9.17) is 14.2 Å². The van der Waals surface area contributed by atoms with Gasteiger partial charge in [0.2, 0.25) is 0 Å². The Bertz CT molecular complexity index is 833. The summed E-state index contributed by atoms with van der Waals surface area (Å²) in [4.78, 5) is 0. The fraction of sp³-hybridized carbons (Fsp3) is 0.250. The molecule has 3 aromatic rings. The summed E-state index contributed by atoms with van der Waals surface area (Å²) in [5.41, 5.74) is 2.08. The lowest BCUT2D eigenvalue weighted by Gasteiger charge is -2.10. The van der Waals surface area contributed by atoms with Crippen molar-refractivity contribution in [2.24, 2.45) is 5.10 Å². The monoisotopic (exact) mass is 366 g/mol. The van der Waals surface area contributed by atoms with Gasteiger partial charge < -0.3 is 14.2 Å². The number of hydrogen-bond acceptors (Lipinski definition) is 6. The summed E-state index contributed by atoms with van der Waals surface area (Å²) in [6.07, 6.45) is 4.74. The maximum Gasteiger partial charge on any atom is 0.141 e. The molecule has 0 aliphatic carbocycles. The summed E-state index contributed by atoms with van der Waals surface area (Å²) >= 11 is 0. The highest BCUT2D eigenvalue weighted by molar-refractivity contribution is 5.83. The number of nitrogens with zero attached hydrogens (tertiary/aromatic N) is 4. The second-order valence-corrected chi connectivity index (χ2v) is 5.75. The van der Waals surface area contributed by atoms with Crippen LogP contribution in [0.15, 0.2) is 66.3 Å². The molecule has 7 nitrogen and oxygen atoms in total. The molecule has 0 amide bonds. The summed E-state index contributed by atoms with van der Waals surface area (Å²) in [6, 6.07) is 15.6. The van der Waals surface area contributed by atoms with Crippen molar-refractivity contribution in [2.45, 2.75) is 6.92 Å². The molecule has 0 aliphatic rings. The highest BCUT2D eigenvalue weighted by Gasteiger charge is 2.01. The summed E-state index contributed by atoms with van der Waals surface area (Å²) < 4.78 is 18.5. The van der Waals surface area contributed by atoms with Crippen LogP contribution >= 0.6 is 0 Å². The summed E-state index contributed by atoms with van der Waals surface area (Å²) in [7, 11) is 0. The number of benzene rings is 2. The van der Waals surface area contributed by atoms with Crippen molar-refractivity contribution in [2.75, 3.05) is 26.4 Å². The van der Waals surface area contributed by atoms with E-state index in [1.54, 1.807) is 6.21 Å². The van der Waals surface area contributed by atoms with Gasteiger partial charge in [0.15, 0.2) is 0 Å². The van der Waals surface area contributed by atoms with Gasteiger partial charge in [-0.25, -0.2) is 4.68 Å². The SMILES string of the molecule is Cc1ccc(OCCOCCOc2ccccc2C=Nn2cnnc2)cc1. The number of hydrogen-bond donors (Lipinski definition) is 0. The molecule has 0 bridgehead atoms. The van der Waals surface area contributed by atoms with Crippen LogP contribution in [0, 0.1) is 6.92 Å². The Labute approximate surface area is 158 Å². The van der Waals surface area contributed by atoms with Gasteiger partial charge in [-0.15, -0.1) is 10.2 Å². The van der Waals surface area contributed by atoms with E-state index in [9.17, 15) is 0 Å². The smallest absolute Gasteiger partial charge is 0.141 e. The highest BCUT2D eigenvalue weighted by atomic mass is 16.5. The number of rotatable bonds is 10. The van der Waals surface area contributed by atoms with Crippen LogP contribution in [0.1, 0.15) is 11.1 Å². The summed E-state index contributed by atoms with van der Waals surface area (Å²) in [5, 5.41) is 11.7. The topological polar surface area (TPSA) is 70.8 Å². The van der Waals surface area contributed by atoms with Gasteiger partial charge in [0, 0.05) is 5.56 Å². The molecule has 0 saturated carbocycles. The fourth-order valence-electron chi connectivity index (χ4n) is 2.27. The minimum atomic E-state index is 0.446. The molecule has 0 atom stereocenters. The lowest BCUT2D eigenvalue weighted by molar-refractivity contribution is 0.0764. The minimum Gasteiger partial charge on any atom is -0.491 e. The quantitative estimate of drug-likeness (QED) is 0.407. The number of ether oxygens (including phenoxy) is 3. The molecule has 0 spiro atoms. The molecule has 0 aliphatic heterocycles. The van der Waals surface area contributed by atoms with Crippen molar-refractivity contribution in [1.82, 2.24) is 14.9 Å². The molecular weight excluding hydrogens is 344 g/mol. The van der Waals surface area contributed by atoms with Crippen LogP contribution in [-0.4, -0.2) is 47.5 Å². The Balaban J connectivity index is 1.36. The van der Waals surface area contributed by atoms with E-state index in [1.807, 2.05) is 55.5 Å². The standard InChI is InChI=1S/C20H22N4O3/c1-17-6-8-19(9-7-17)26-12-10-25-11-13-27-20-5-3-2-4-18(20)14-23-24-15-21-22-16-24/h2-9,14-16H,10-13H2,1H3. The minimum absolute atomic E-state index is 0.446. The Morgan fingerprint density at radius 2 is 1.59 bits per heavy atom. The molecule has 3 rings (SSSR count). The summed E-state index contributed by atoms with van der Waals surface area (Å²) in [5.74, 6) is 1.59. The van der Waals surface area contributed by atoms with E-state index in [2.05, 4.69) is 15.3 Å². The maximum atomic E-state index is 5.79.